The Morgan fingerprint density at radius 2 is 1.86 bits per heavy atom. The average Bonchev–Trinajstić information content (AvgIpc) is 3.11. The normalized spacial score (nSPS) is 11.8. The molecule has 0 fully saturated rings. The van der Waals surface area contributed by atoms with E-state index in [-0.39, 0.29) is 11.6 Å². The Morgan fingerprint density at radius 3 is 2.66 bits per heavy atom. The highest BCUT2D eigenvalue weighted by Crippen LogP contribution is 2.38. The number of imidazole rings is 1. The molecule has 0 atom stereocenters. The maximum atomic E-state index is 14.2. The van der Waals surface area contributed by atoms with Crippen LogP contribution in [0, 0.1) is 5.82 Å². The van der Waals surface area contributed by atoms with Gasteiger partial charge in [-0.2, -0.15) is 4.33 Å². The Hall–Kier alpha value is -3.00. The van der Waals surface area contributed by atoms with Crippen LogP contribution in [0.3, 0.4) is 0 Å². The molecule has 0 aliphatic rings. The first kappa shape index (κ1) is 18.1. The van der Waals surface area contributed by atoms with Crippen LogP contribution in [0.15, 0.2) is 59.6 Å². The van der Waals surface area contributed by atoms with Crippen molar-refractivity contribution in [2.75, 3.05) is 7.11 Å². The number of carbonyl (C=O) groups is 1. The number of hydrogen-bond acceptors (Lipinski definition) is 5. The van der Waals surface area contributed by atoms with Crippen molar-refractivity contribution >= 4 is 56.1 Å². The molecule has 0 unspecified atom stereocenters. The lowest BCUT2D eigenvalue weighted by Crippen LogP contribution is -1.97. The molecular formula is C22H15FN2O3S. The first-order chi connectivity index (χ1) is 14.1. The van der Waals surface area contributed by atoms with Crippen molar-refractivity contribution in [2.45, 2.75) is 11.8 Å². The summed E-state index contributed by atoms with van der Waals surface area (Å²) in [4.78, 5) is 22.4. The van der Waals surface area contributed by atoms with Crippen molar-refractivity contribution in [1.29, 1.82) is 0 Å². The van der Waals surface area contributed by atoms with Crippen molar-refractivity contribution in [3.05, 3.63) is 66.1 Å². The second-order valence-corrected chi connectivity index (χ2v) is 7.47. The minimum atomic E-state index is -0.317. The van der Waals surface area contributed by atoms with Crippen molar-refractivity contribution < 1.29 is 18.4 Å². The minimum absolute atomic E-state index is 0.0547. The Morgan fingerprint density at radius 1 is 1.07 bits per heavy atom. The quantitative estimate of drug-likeness (QED) is 0.126. The third-order valence-corrected chi connectivity index (χ3v) is 5.65. The van der Waals surface area contributed by atoms with Gasteiger partial charge in [0.2, 0.25) is 0 Å². The Kier molecular flexibility index (Phi) is 4.24. The number of fused-ring (bicyclic) bond motifs is 8. The molecular weight excluding hydrogens is 391 g/mol. The summed E-state index contributed by atoms with van der Waals surface area (Å²) in [6.45, 7) is 1.53. The van der Waals surface area contributed by atoms with E-state index in [0.29, 0.717) is 11.2 Å². The van der Waals surface area contributed by atoms with Gasteiger partial charge in [0.15, 0.2) is 5.78 Å². The number of nitrogens with zero attached hydrogens (tertiary/aromatic N) is 2. The van der Waals surface area contributed by atoms with E-state index in [4.69, 9.17) is 9.32 Å². The van der Waals surface area contributed by atoms with Gasteiger partial charge in [-0.05, 0) is 60.2 Å². The zero-order chi connectivity index (χ0) is 20.1. The summed E-state index contributed by atoms with van der Waals surface area (Å²) in [5, 5.41) is 3.35. The largest absolute Gasteiger partial charge is 0.298 e. The monoisotopic (exact) mass is 406 g/mol. The molecule has 0 radical (unpaired) electrons. The number of carbonyl (C=O) groups excluding carboxylic acids is 1. The fourth-order valence-corrected chi connectivity index (χ4v) is 4.25. The SMILES string of the molecule is COOSc1ccc2c(c1)c1cc(F)ccc1c1c2nc2c(C(C)=O)cccn21. The van der Waals surface area contributed by atoms with Crippen LogP contribution in [0.1, 0.15) is 17.3 Å². The van der Waals surface area contributed by atoms with Crippen LogP contribution in [-0.2, 0) is 9.22 Å². The zero-order valence-corrected chi connectivity index (χ0v) is 16.4. The van der Waals surface area contributed by atoms with Crippen molar-refractivity contribution in [3.8, 4) is 0 Å². The molecule has 5 rings (SSSR count). The van der Waals surface area contributed by atoms with Gasteiger partial charge >= 0.3 is 0 Å². The lowest BCUT2D eigenvalue weighted by atomic mass is 10.00. The predicted octanol–water partition coefficient (Wildman–Crippen LogP) is 5.72. The number of halogens is 1. The summed E-state index contributed by atoms with van der Waals surface area (Å²) in [6, 6.07) is 14.1. The standard InChI is InChI=1S/C22H15FN2O3S/c1-12(26)15-4-3-9-25-21-17-7-5-13(23)10-18(17)19-11-14(29-28-27-2)6-8-16(19)20(21)24-22(15)25/h3-11H,1-2H3. The maximum Gasteiger partial charge on any atom is 0.163 e. The highest BCUT2D eigenvalue weighted by molar-refractivity contribution is 7.94. The fraction of sp³-hybridized carbons (Fsp3) is 0.0909. The number of aromatic nitrogens is 2. The van der Waals surface area contributed by atoms with Gasteiger partial charge in [0, 0.05) is 21.9 Å². The third-order valence-electron chi connectivity index (χ3n) is 5.00. The zero-order valence-electron chi connectivity index (χ0n) is 15.6. The van der Waals surface area contributed by atoms with Crippen LogP contribution in [0.4, 0.5) is 4.39 Å². The molecule has 2 aromatic heterocycles. The van der Waals surface area contributed by atoms with Gasteiger partial charge in [-0.15, -0.1) is 0 Å². The van der Waals surface area contributed by atoms with E-state index in [1.807, 2.05) is 34.9 Å². The maximum absolute atomic E-state index is 14.2. The molecule has 0 N–H and O–H groups in total. The van der Waals surface area contributed by atoms with Crippen LogP contribution >= 0.6 is 12.0 Å². The number of Topliss-reactive ketones (excluding diaryl/α,β-unsaturated/α-hetero) is 1. The lowest BCUT2D eigenvalue weighted by molar-refractivity contribution is -0.160. The molecule has 0 aliphatic carbocycles. The van der Waals surface area contributed by atoms with E-state index < -0.39 is 0 Å². The number of pyridine rings is 1. The molecule has 0 bridgehead atoms. The number of hydrogen-bond donors (Lipinski definition) is 0. The van der Waals surface area contributed by atoms with Crippen LogP contribution in [0.25, 0.3) is 38.2 Å². The van der Waals surface area contributed by atoms with Gasteiger partial charge in [0.25, 0.3) is 0 Å². The number of rotatable bonds is 4. The summed E-state index contributed by atoms with van der Waals surface area (Å²) in [6.07, 6.45) is 1.88. The van der Waals surface area contributed by atoms with E-state index in [0.717, 1.165) is 49.5 Å². The van der Waals surface area contributed by atoms with Gasteiger partial charge < -0.3 is 0 Å². The molecule has 0 amide bonds. The second-order valence-electron chi connectivity index (χ2n) is 6.70. The van der Waals surface area contributed by atoms with Crippen LogP contribution in [0.5, 0.6) is 0 Å². The third kappa shape index (κ3) is 2.78. The Balaban J connectivity index is 1.99. The first-order valence-electron chi connectivity index (χ1n) is 8.92. The van der Waals surface area contributed by atoms with Crippen LogP contribution < -0.4 is 0 Å². The highest BCUT2D eigenvalue weighted by atomic mass is 32.2. The van der Waals surface area contributed by atoms with E-state index in [2.05, 4.69) is 4.89 Å². The van der Waals surface area contributed by atoms with Gasteiger partial charge in [0.1, 0.15) is 11.5 Å². The molecule has 0 spiro atoms. The molecule has 5 nitrogen and oxygen atoms in total. The smallest absolute Gasteiger partial charge is 0.163 e. The Labute approximate surface area is 169 Å². The van der Waals surface area contributed by atoms with E-state index in [9.17, 15) is 9.18 Å². The molecule has 5 aromatic rings. The average molecular weight is 406 g/mol. The topological polar surface area (TPSA) is 52.8 Å². The van der Waals surface area contributed by atoms with E-state index in [1.165, 1.54) is 26.2 Å². The fourth-order valence-electron chi connectivity index (χ4n) is 3.81. The van der Waals surface area contributed by atoms with E-state index in [1.54, 1.807) is 12.1 Å². The number of ketones is 1. The summed E-state index contributed by atoms with van der Waals surface area (Å²) in [5.74, 6) is -0.372. The summed E-state index contributed by atoms with van der Waals surface area (Å²) in [7, 11) is 1.44. The lowest BCUT2D eigenvalue weighted by Gasteiger charge is -2.09. The second kappa shape index (κ2) is 6.81. The summed E-state index contributed by atoms with van der Waals surface area (Å²) >= 11 is 1.08. The Bertz CT molecular complexity index is 1440. The molecule has 7 heteroatoms. The highest BCUT2D eigenvalue weighted by Gasteiger charge is 2.18. The minimum Gasteiger partial charge on any atom is -0.298 e. The first-order valence-corrected chi connectivity index (χ1v) is 9.66. The van der Waals surface area contributed by atoms with E-state index >= 15 is 0 Å². The molecule has 0 saturated heterocycles. The molecule has 2 heterocycles. The van der Waals surface area contributed by atoms with Crippen molar-refractivity contribution in [2.24, 2.45) is 0 Å². The van der Waals surface area contributed by atoms with Gasteiger partial charge in [-0.25, -0.2) is 14.3 Å². The number of benzene rings is 3. The van der Waals surface area contributed by atoms with Crippen molar-refractivity contribution in [1.82, 2.24) is 9.38 Å². The van der Waals surface area contributed by atoms with Crippen LogP contribution in [-0.4, -0.2) is 22.3 Å². The summed E-state index contributed by atoms with van der Waals surface area (Å²) < 4.78 is 21.0. The molecule has 0 aliphatic heterocycles. The van der Waals surface area contributed by atoms with Gasteiger partial charge in [-0.3, -0.25) is 9.20 Å². The predicted molar refractivity (Wildman–Crippen MR) is 112 cm³/mol. The van der Waals surface area contributed by atoms with Crippen molar-refractivity contribution in [3.63, 3.8) is 0 Å². The molecule has 3 aromatic carbocycles. The summed E-state index contributed by atoms with van der Waals surface area (Å²) in [5.41, 5.74) is 2.75. The molecule has 0 saturated carbocycles. The van der Waals surface area contributed by atoms with Gasteiger partial charge in [-0.1, -0.05) is 6.07 Å². The molecule has 29 heavy (non-hydrogen) atoms. The molecule has 144 valence electrons. The van der Waals surface area contributed by atoms with Crippen LogP contribution in [0.2, 0.25) is 0 Å². The van der Waals surface area contributed by atoms with Gasteiger partial charge in [0.05, 0.1) is 35.7 Å².